The quantitative estimate of drug-likeness (QED) is 0.848. The van der Waals surface area contributed by atoms with Gasteiger partial charge < -0.3 is 15.4 Å². The lowest BCUT2D eigenvalue weighted by molar-refractivity contribution is -0.122. The Morgan fingerprint density at radius 3 is 2.90 bits per heavy atom. The van der Waals surface area contributed by atoms with E-state index in [0.717, 1.165) is 30.4 Å². The molecule has 2 rings (SSSR count). The van der Waals surface area contributed by atoms with E-state index in [1.807, 2.05) is 0 Å². The largest absolute Gasteiger partial charge is 0.492 e. The van der Waals surface area contributed by atoms with Crippen molar-refractivity contribution in [2.75, 3.05) is 19.7 Å². The molecule has 0 saturated carbocycles. The molecule has 6 heteroatoms. The molecule has 0 spiro atoms. The molecule has 110 valence electrons. The van der Waals surface area contributed by atoms with Crippen molar-refractivity contribution in [3.63, 3.8) is 0 Å². The summed E-state index contributed by atoms with van der Waals surface area (Å²) in [5.41, 5.74) is 0. The Hall–Kier alpha value is -0.780. The van der Waals surface area contributed by atoms with Crippen molar-refractivity contribution < 1.29 is 9.53 Å². The molecule has 0 aromatic heterocycles. The van der Waals surface area contributed by atoms with Crippen LogP contribution in [0.1, 0.15) is 19.3 Å². The van der Waals surface area contributed by atoms with Crippen molar-refractivity contribution in [2.45, 2.75) is 25.3 Å². The second kappa shape index (κ2) is 7.86. The van der Waals surface area contributed by atoms with Gasteiger partial charge in [0.2, 0.25) is 5.91 Å². The van der Waals surface area contributed by atoms with Gasteiger partial charge >= 0.3 is 0 Å². The normalized spacial score (nSPS) is 15.9. The molecule has 1 fully saturated rings. The van der Waals surface area contributed by atoms with Crippen molar-refractivity contribution in [1.82, 2.24) is 10.6 Å². The smallest absolute Gasteiger partial charge is 0.223 e. The highest BCUT2D eigenvalue weighted by Crippen LogP contribution is 2.27. The number of nitrogens with one attached hydrogen (secondary N) is 2. The second-order valence-corrected chi connectivity index (χ2v) is 6.06. The van der Waals surface area contributed by atoms with E-state index in [1.165, 1.54) is 0 Å². The summed E-state index contributed by atoms with van der Waals surface area (Å²) >= 11 is 9.23. The number of ether oxygens (including phenoxy) is 1. The van der Waals surface area contributed by atoms with Gasteiger partial charge in [-0.1, -0.05) is 11.6 Å². The standard InChI is InChI=1S/C14H18BrClN2O2/c15-12-9-10(16)1-2-13(12)20-8-5-14(19)18-11-3-6-17-7-4-11/h1-2,9,11,17H,3-8H2,(H,18,19). The predicted octanol–water partition coefficient (Wildman–Crippen LogP) is 2.74. The highest BCUT2D eigenvalue weighted by molar-refractivity contribution is 9.10. The van der Waals surface area contributed by atoms with E-state index < -0.39 is 0 Å². The van der Waals surface area contributed by atoms with Crippen LogP contribution in [-0.2, 0) is 4.79 Å². The number of carbonyl (C=O) groups is 1. The fourth-order valence-electron chi connectivity index (χ4n) is 2.11. The van der Waals surface area contributed by atoms with Crippen LogP contribution in [0, 0.1) is 0 Å². The highest BCUT2D eigenvalue weighted by Gasteiger charge is 2.15. The molecular weight excluding hydrogens is 344 g/mol. The van der Waals surface area contributed by atoms with E-state index >= 15 is 0 Å². The van der Waals surface area contributed by atoms with E-state index in [-0.39, 0.29) is 5.91 Å². The number of benzene rings is 1. The number of hydrogen-bond donors (Lipinski definition) is 2. The Labute approximate surface area is 132 Å². The van der Waals surface area contributed by atoms with Gasteiger partial charge in [-0.3, -0.25) is 4.79 Å². The molecule has 20 heavy (non-hydrogen) atoms. The Morgan fingerprint density at radius 2 is 2.20 bits per heavy atom. The lowest BCUT2D eigenvalue weighted by Gasteiger charge is -2.23. The maximum Gasteiger partial charge on any atom is 0.223 e. The first-order valence-electron chi connectivity index (χ1n) is 6.73. The van der Waals surface area contributed by atoms with Crippen molar-refractivity contribution in [2.24, 2.45) is 0 Å². The molecule has 2 N–H and O–H groups in total. The Balaban J connectivity index is 1.70. The van der Waals surface area contributed by atoms with Crippen molar-refractivity contribution in [3.05, 3.63) is 27.7 Å². The van der Waals surface area contributed by atoms with Gasteiger partial charge in [0.15, 0.2) is 0 Å². The third-order valence-corrected chi connectivity index (χ3v) is 4.04. The van der Waals surface area contributed by atoms with Gasteiger partial charge in [-0.2, -0.15) is 0 Å². The maximum absolute atomic E-state index is 11.8. The van der Waals surface area contributed by atoms with Crippen LogP contribution in [0.2, 0.25) is 5.02 Å². The van der Waals surface area contributed by atoms with E-state index in [4.69, 9.17) is 16.3 Å². The van der Waals surface area contributed by atoms with Gasteiger partial charge in [0.1, 0.15) is 5.75 Å². The van der Waals surface area contributed by atoms with Gasteiger partial charge in [-0.05, 0) is 60.1 Å². The van der Waals surface area contributed by atoms with Crippen molar-refractivity contribution in [3.8, 4) is 5.75 Å². The lowest BCUT2D eigenvalue weighted by Crippen LogP contribution is -2.43. The molecular formula is C14H18BrClN2O2. The summed E-state index contributed by atoms with van der Waals surface area (Å²) in [5.74, 6) is 0.742. The highest BCUT2D eigenvalue weighted by atomic mass is 79.9. The molecule has 0 unspecified atom stereocenters. The SMILES string of the molecule is O=C(CCOc1ccc(Cl)cc1Br)NC1CCNCC1. The average molecular weight is 362 g/mol. The Bertz CT molecular complexity index is 464. The zero-order valence-electron chi connectivity index (χ0n) is 11.1. The third kappa shape index (κ3) is 4.96. The van der Waals surface area contributed by atoms with Gasteiger partial charge in [0.05, 0.1) is 17.5 Å². The van der Waals surface area contributed by atoms with E-state index in [0.29, 0.717) is 29.8 Å². The summed E-state index contributed by atoms with van der Waals surface area (Å²) in [5, 5.41) is 6.95. The van der Waals surface area contributed by atoms with Crippen LogP contribution < -0.4 is 15.4 Å². The fraction of sp³-hybridized carbons (Fsp3) is 0.500. The first-order chi connectivity index (χ1) is 9.65. The molecule has 0 radical (unpaired) electrons. The summed E-state index contributed by atoms with van der Waals surface area (Å²) in [6.45, 7) is 2.30. The van der Waals surface area contributed by atoms with Crippen LogP contribution in [0.4, 0.5) is 0 Å². The zero-order valence-corrected chi connectivity index (χ0v) is 13.5. The van der Waals surface area contributed by atoms with Gasteiger partial charge in [0.25, 0.3) is 0 Å². The molecule has 4 nitrogen and oxygen atoms in total. The number of halogens is 2. The van der Waals surface area contributed by atoms with Crippen LogP contribution in [0.5, 0.6) is 5.75 Å². The minimum Gasteiger partial charge on any atom is -0.492 e. The van der Waals surface area contributed by atoms with E-state index in [2.05, 4.69) is 26.6 Å². The lowest BCUT2D eigenvalue weighted by atomic mass is 10.1. The number of piperidine rings is 1. The average Bonchev–Trinajstić information content (AvgIpc) is 2.42. The van der Waals surface area contributed by atoms with Crippen molar-refractivity contribution in [1.29, 1.82) is 0 Å². The molecule has 0 atom stereocenters. The predicted molar refractivity (Wildman–Crippen MR) is 83.3 cm³/mol. The summed E-state index contributed by atoms with van der Waals surface area (Å²) in [6.07, 6.45) is 2.35. The Kier molecular flexibility index (Phi) is 6.13. The van der Waals surface area contributed by atoms with Gasteiger partial charge in [-0.15, -0.1) is 0 Å². The number of amides is 1. The van der Waals surface area contributed by atoms with Crippen molar-refractivity contribution >= 4 is 33.4 Å². The maximum atomic E-state index is 11.8. The van der Waals surface area contributed by atoms with E-state index in [9.17, 15) is 4.79 Å². The summed E-state index contributed by atoms with van der Waals surface area (Å²) in [7, 11) is 0. The first-order valence-corrected chi connectivity index (χ1v) is 7.90. The minimum absolute atomic E-state index is 0.0435. The molecule has 1 aromatic rings. The summed E-state index contributed by atoms with van der Waals surface area (Å²) < 4.78 is 6.37. The van der Waals surface area contributed by atoms with Crippen LogP contribution in [0.3, 0.4) is 0 Å². The third-order valence-electron chi connectivity index (χ3n) is 3.18. The van der Waals surface area contributed by atoms with Crippen LogP contribution >= 0.6 is 27.5 Å². The second-order valence-electron chi connectivity index (χ2n) is 4.76. The molecule has 1 amide bonds. The molecule has 0 bridgehead atoms. The summed E-state index contributed by atoms with van der Waals surface area (Å²) in [6, 6.07) is 5.62. The minimum atomic E-state index is 0.0435. The topological polar surface area (TPSA) is 50.4 Å². The summed E-state index contributed by atoms with van der Waals surface area (Å²) in [4.78, 5) is 11.8. The van der Waals surface area contributed by atoms with Crippen LogP contribution in [-0.4, -0.2) is 31.6 Å². The molecule has 1 aromatic carbocycles. The van der Waals surface area contributed by atoms with E-state index in [1.54, 1.807) is 18.2 Å². The van der Waals surface area contributed by atoms with Crippen LogP contribution in [0.15, 0.2) is 22.7 Å². The molecule has 1 heterocycles. The monoisotopic (exact) mass is 360 g/mol. The first kappa shape index (κ1) is 15.6. The number of carbonyl (C=O) groups excluding carboxylic acids is 1. The number of hydrogen-bond acceptors (Lipinski definition) is 3. The molecule has 1 aliphatic heterocycles. The molecule has 1 saturated heterocycles. The molecule has 1 aliphatic rings. The van der Waals surface area contributed by atoms with Crippen LogP contribution in [0.25, 0.3) is 0 Å². The fourth-order valence-corrected chi connectivity index (χ4v) is 2.91. The number of rotatable bonds is 5. The Morgan fingerprint density at radius 1 is 1.45 bits per heavy atom. The van der Waals surface area contributed by atoms with Gasteiger partial charge in [-0.25, -0.2) is 0 Å². The van der Waals surface area contributed by atoms with Gasteiger partial charge in [0, 0.05) is 11.1 Å². The zero-order chi connectivity index (χ0) is 14.4. The molecule has 0 aliphatic carbocycles.